The fourth-order valence-corrected chi connectivity index (χ4v) is 9.15. The number of rotatable bonds is 16. The minimum atomic E-state index is -1.00. The number of para-hydroxylation sites is 2. The monoisotopic (exact) mass is 1120 g/mol. The van der Waals surface area contributed by atoms with E-state index in [1.54, 1.807) is 82.6 Å². The summed E-state index contributed by atoms with van der Waals surface area (Å²) in [6.45, 7) is 11.8. The average molecular weight is 1120 g/mol. The molecule has 2 aliphatic rings. The smallest absolute Gasteiger partial charge is 0.250 e. The Morgan fingerprint density at radius 2 is 0.829 bits per heavy atom. The molecular formula is C58H64Cl4F2N6O6. The molecule has 4 atom stereocenters. The van der Waals surface area contributed by atoms with E-state index < -0.39 is 35.5 Å². The molecule has 6 aromatic rings. The lowest BCUT2D eigenvalue weighted by Gasteiger charge is -2.40. The SMILES string of the molecule is CC(C)[C@H]1CN(C(=O)[C@@H](c2ccc(F)cc2)N(C(=O)CCl)c2ccc(Oc3ccccc3)cc2)CCN1.CC(C)[C@H]1CN(C(=O)[C@H](c2ccc(F)cc2)N(C(=O)CCl)c2ccc(Oc3ccccc3)cc2)CCN1.Cl.Cl. The van der Waals surface area contributed by atoms with Crippen molar-refractivity contribution in [1.29, 1.82) is 0 Å². The Hall–Kier alpha value is -6.26. The van der Waals surface area contributed by atoms with Gasteiger partial charge >= 0.3 is 0 Å². The van der Waals surface area contributed by atoms with Gasteiger partial charge in [0.1, 0.15) is 58.5 Å². The van der Waals surface area contributed by atoms with Crippen LogP contribution in [-0.4, -0.2) is 96.5 Å². The van der Waals surface area contributed by atoms with Gasteiger partial charge in [-0.15, -0.1) is 48.0 Å². The largest absolute Gasteiger partial charge is 0.457 e. The van der Waals surface area contributed by atoms with Gasteiger partial charge in [0, 0.05) is 62.7 Å². The van der Waals surface area contributed by atoms with Crippen LogP contribution in [0.25, 0.3) is 0 Å². The summed E-state index contributed by atoms with van der Waals surface area (Å²) in [7, 11) is 0. The number of amides is 4. The van der Waals surface area contributed by atoms with E-state index in [4.69, 9.17) is 32.7 Å². The van der Waals surface area contributed by atoms with Crippen LogP contribution >= 0.6 is 48.0 Å². The van der Waals surface area contributed by atoms with Gasteiger partial charge in [-0.25, -0.2) is 8.78 Å². The van der Waals surface area contributed by atoms with Crippen molar-refractivity contribution in [2.24, 2.45) is 11.8 Å². The van der Waals surface area contributed by atoms with E-state index in [-0.39, 0.29) is 60.5 Å². The van der Waals surface area contributed by atoms with E-state index in [0.717, 1.165) is 0 Å². The number of benzene rings is 6. The van der Waals surface area contributed by atoms with Crippen LogP contribution in [0.4, 0.5) is 20.2 Å². The molecule has 4 amide bonds. The van der Waals surface area contributed by atoms with E-state index in [0.29, 0.717) is 96.6 Å². The van der Waals surface area contributed by atoms with Crippen molar-refractivity contribution in [3.63, 3.8) is 0 Å². The van der Waals surface area contributed by atoms with Crippen LogP contribution in [0.5, 0.6) is 23.0 Å². The maximum atomic E-state index is 14.0. The number of hydrogen-bond acceptors (Lipinski definition) is 8. The van der Waals surface area contributed by atoms with Crippen LogP contribution in [0.15, 0.2) is 158 Å². The average Bonchev–Trinajstić information content (AvgIpc) is 3.43. The number of nitrogens with one attached hydrogen (secondary N) is 2. The number of nitrogens with zero attached hydrogens (tertiary/aromatic N) is 4. The first kappa shape index (κ1) is 60.6. The van der Waals surface area contributed by atoms with Gasteiger partial charge in [-0.2, -0.15) is 0 Å². The Bertz CT molecular complexity index is 2580. The standard InChI is InChI=1S/2C29H31ClFN3O3.2ClH/c2*1-20(2)26-19-33(17-16-32-26)29(36)28(21-8-10-22(31)11-9-21)34(27(35)18-30)23-12-14-25(15-13-23)37-24-6-4-3-5-7-24;;/h2*3-15,20,26,28,32H,16-19H2,1-2H3;2*1H/t26-,28+;26-,28-;;/m11../s1. The molecule has 8 rings (SSSR count). The molecule has 2 N–H and O–H groups in total. The minimum Gasteiger partial charge on any atom is -0.457 e. The third kappa shape index (κ3) is 15.9. The van der Waals surface area contributed by atoms with Crippen molar-refractivity contribution < 1.29 is 37.4 Å². The van der Waals surface area contributed by atoms with Crippen LogP contribution in [-0.2, 0) is 19.2 Å². The molecule has 18 heteroatoms. The molecule has 2 aliphatic heterocycles. The van der Waals surface area contributed by atoms with E-state index in [1.807, 2.05) is 60.7 Å². The van der Waals surface area contributed by atoms with Gasteiger partial charge in [-0.1, -0.05) is 88.4 Å². The number of piperazine rings is 2. The molecule has 404 valence electrons. The lowest BCUT2D eigenvalue weighted by atomic mass is 9.98. The predicted molar refractivity (Wildman–Crippen MR) is 302 cm³/mol. The van der Waals surface area contributed by atoms with Gasteiger partial charge in [0.05, 0.1) is 0 Å². The molecule has 0 radical (unpaired) electrons. The number of carbonyl (C=O) groups is 4. The number of hydrogen-bond donors (Lipinski definition) is 2. The molecule has 2 fully saturated rings. The van der Waals surface area contributed by atoms with Crippen LogP contribution in [0, 0.1) is 23.5 Å². The van der Waals surface area contributed by atoms with Gasteiger partial charge in [-0.05, 0) is 120 Å². The first-order valence-electron chi connectivity index (χ1n) is 24.7. The van der Waals surface area contributed by atoms with Crippen molar-refractivity contribution in [2.45, 2.75) is 51.9 Å². The molecule has 0 saturated carbocycles. The highest BCUT2D eigenvalue weighted by Crippen LogP contribution is 2.35. The molecule has 0 aliphatic carbocycles. The molecular weight excluding hydrogens is 1060 g/mol. The lowest BCUT2D eigenvalue weighted by molar-refractivity contribution is -0.136. The topological polar surface area (TPSA) is 124 Å². The Morgan fingerprint density at radius 1 is 0.513 bits per heavy atom. The van der Waals surface area contributed by atoms with Crippen molar-refractivity contribution in [3.05, 3.63) is 180 Å². The van der Waals surface area contributed by atoms with Gasteiger partial charge in [0.15, 0.2) is 0 Å². The highest BCUT2D eigenvalue weighted by Gasteiger charge is 2.39. The van der Waals surface area contributed by atoms with Gasteiger partial charge in [0.25, 0.3) is 11.8 Å². The molecule has 6 aromatic carbocycles. The summed E-state index contributed by atoms with van der Waals surface area (Å²) in [5.74, 6) is 0.381. The van der Waals surface area contributed by atoms with Crippen LogP contribution < -0.4 is 29.9 Å². The van der Waals surface area contributed by atoms with Crippen molar-refractivity contribution >= 4 is 83.0 Å². The molecule has 0 spiro atoms. The second-order valence-electron chi connectivity index (χ2n) is 18.7. The maximum absolute atomic E-state index is 14.0. The number of alkyl halides is 2. The summed E-state index contributed by atoms with van der Waals surface area (Å²) < 4.78 is 39.4. The Morgan fingerprint density at radius 3 is 1.13 bits per heavy atom. The molecule has 2 saturated heterocycles. The number of ether oxygens (including phenoxy) is 2. The van der Waals surface area contributed by atoms with Gasteiger partial charge in [-0.3, -0.25) is 29.0 Å². The van der Waals surface area contributed by atoms with E-state index in [1.165, 1.54) is 34.1 Å². The van der Waals surface area contributed by atoms with E-state index >= 15 is 0 Å². The summed E-state index contributed by atoms with van der Waals surface area (Å²) in [5, 5.41) is 6.90. The zero-order valence-electron chi connectivity index (χ0n) is 42.7. The summed E-state index contributed by atoms with van der Waals surface area (Å²) in [4.78, 5) is 60.9. The zero-order chi connectivity index (χ0) is 52.7. The van der Waals surface area contributed by atoms with Crippen LogP contribution in [0.3, 0.4) is 0 Å². The van der Waals surface area contributed by atoms with Gasteiger partial charge < -0.3 is 29.9 Å². The van der Waals surface area contributed by atoms with Crippen LogP contribution in [0.1, 0.15) is 50.9 Å². The third-order valence-corrected chi connectivity index (χ3v) is 13.4. The maximum Gasteiger partial charge on any atom is 0.250 e. The highest BCUT2D eigenvalue weighted by molar-refractivity contribution is 6.30. The minimum absolute atomic E-state index is 0. The third-order valence-electron chi connectivity index (χ3n) is 13.0. The summed E-state index contributed by atoms with van der Waals surface area (Å²) in [5.41, 5.74) is 2.00. The summed E-state index contributed by atoms with van der Waals surface area (Å²) in [6, 6.07) is 42.2. The van der Waals surface area contributed by atoms with Crippen molar-refractivity contribution in [1.82, 2.24) is 20.4 Å². The second kappa shape index (κ2) is 29.3. The summed E-state index contributed by atoms with van der Waals surface area (Å²) in [6.07, 6.45) is 0. The fraction of sp³-hybridized carbons (Fsp3) is 0.310. The van der Waals surface area contributed by atoms with Crippen LogP contribution in [0.2, 0.25) is 0 Å². The second-order valence-corrected chi connectivity index (χ2v) is 19.2. The molecule has 12 nitrogen and oxygen atoms in total. The van der Waals surface area contributed by atoms with Crippen molar-refractivity contribution in [2.75, 3.05) is 60.8 Å². The van der Waals surface area contributed by atoms with Crippen molar-refractivity contribution in [3.8, 4) is 23.0 Å². The van der Waals surface area contributed by atoms with Gasteiger partial charge in [0.2, 0.25) is 11.8 Å². The molecule has 2 heterocycles. The number of halogens is 6. The first-order chi connectivity index (χ1) is 35.7. The molecule has 0 bridgehead atoms. The summed E-state index contributed by atoms with van der Waals surface area (Å²) >= 11 is 12.1. The molecule has 0 unspecified atom stereocenters. The molecule has 0 aromatic heterocycles. The Labute approximate surface area is 466 Å². The Kier molecular flexibility index (Phi) is 23.4. The van der Waals surface area contributed by atoms with E-state index in [9.17, 15) is 28.0 Å². The number of anilines is 2. The molecule has 76 heavy (non-hydrogen) atoms. The fourth-order valence-electron chi connectivity index (χ4n) is 8.89. The highest BCUT2D eigenvalue weighted by atomic mass is 35.5. The Balaban J connectivity index is 0.000000274. The van der Waals surface area contributed by atoms with E-state index in [2.05, 4.69) is 38.3 Å². The normalized spacial score (nSPS) is 15.9. The quantitative estimate of drug-likeness (QED) is 0.0919. The number of carbonyl (C=O) groups excluding carboxylic acids is 4. The lowest BCUT2D eigenvalue weighted by Crippen LogP contribution is -2.57. The zero-order valence-corrected chi connectivity index (χ0v) is 45.8. The first-order valence-corrected chi connectivity index (χ1v) is 25.8. The predicted octanol–water partition coefficient (Wildman–Crippen LogP) is 11.6.